The molecule has 1 aromatic heterocycles. The van der Waals surface area contributed by atoms with Crippen LogP contribution in [0.2, 0.25) is 0 Å². The summed E-state index contributed by atoms with van der Waals surface area (Å²) in [4.78, 5) is 4.68. The number of hydrogen-bond donors (Lipinski definition) is 0. The summed E-state index contributed by atoms with van der Waals surface area (Å²) in [5.74, 6) is 3.05. The van der Waals surface area contributed by atoms with E-state index in [-0.39, 0.29) is 0 Å². The highest BCUT2D eigenvalue weighted by Gasteiger charge is 2.23. The molecule has 14 heavy (non-hydrogen) atoms. The average Bonchev–Trinajstić information content (AvgIpc) is 2.86. The van der Waals surface area contributed by atoms with Crippen LogP contribution in [-0.4, -0.2) is 14.8 Å². The summed E-state index contributed by atoms with van der Waals surface area (Å²) < 4.78 is 2.14. The molecular weight excluding hydrogens is 174 g/mol. The zero-order chi connectivity index (χ0) is 9.38. The molecular formula is C11H17N3. The van der Waals surface area contributed by atoms with Crippen molar-refractivity contribution in [3.8, 4) is 0 Å². The van der Waals surface area contributed by atoms with Crippen molar-refractivity contribution in [1.29, 1.82) is 0 Å². The summed E-state index contributed by atoms with van der Waals surface area (Å²) in [5.41, 5.74) is 0. The molecule has 3 nitrogen and oxygen atoms in total. The van der Waals surface area contributed by atoms with Gasteiger partial charge in [0.05, 0.1) is 0 Å². The predicted octanol–water partition coefficient (Wildman–Crippen LogP) is 2.27. The smallest absolute Gasteiger partial charge is 0.154 e. The number of aryl methyl sites for hydroxylation is 2. The molecule has 76 valence electrons. The minimum atomic E-state index is 0.674. The molecule has 1 aliphatic carbocycles. The van der Waals surface area contributed by atoms with Crippen LogP contribution < -0.4 is 0 Å². The fourth-order valence-electron chi connectivity index (χ4n) is 2.66. The van der Waals surface area contributed by atoms with Gasteiger partial charge in [-0.25, -0.2) is 9.67 Å². The molecule has 0 atom stereocenters. The minimum Gasteiger partial charge on any atom is -0.250 e. The zero-order valence-electron chi connectivity index (χ0n) is 8.58. The van der Waals surface area contributed by atoms with E-state index in [0.717, 1.165) is 18.8 Å². The molecule has 0 saturated heterocycles. The van der Waals surface area contributed by atoms with E-state index in [1.165, 1.54) is 44.3 Å². The largest absolute Gasteiger partial charge is 0.250 e. The maximum atomic E-state index is 4.68. The third kappa shape index (κ3) is 1.35. The summed E-state index contributed by atoms with van der Waals surface area (Å²) in [6, 6.07) is 0. The molecule has 1 aromatic rings. The Balaban J connectivity index is 1.87. The van der Waals surface area contributed by atoms with Crippen molar-refractivity contribution in [3.63, 3.8) is 0 Å². The van der Waals surface area contributed by atoms with Gasteiger partial charge in [-0.15, -0.1) is 0 Å². The van der Waals surface area contributed by atoms with Gasteiger partial charge in [0, 0.05) is 18.9 Å². The van der Waals surface area contributed by atoms with Crippen LogP contribution in [0.25, 0.3) is 0 Å². The van der Waals surface area contributed by atoms with E-state index in [0.29, 0.717) is 5.92 Å². The van der Waals surface area contributed by atoms with E-state index in [1.54, 1.807) is 0 Å². The Kier molecular flexibility index (Phi) is 2.03. The van der Waals surface area contributed by atoms with Gasteiger partial charge in [-0.05, 0) is 25.7 Å². The molecule has 0 radical (unpaired) electrons. The first-order valence-corrected chi connectivity index (χ1v) is 5.87. The van der Waals surface area contributed by atoms with Gasteiger partial charge in [-0.1, -0.05) is 12.8 Å². The van der Waals surface area contributed by atoms with Gasteiger partial charge >= 0.3 is 0 Å². The SMILES string of the molecule is C1CCn2nc(C3CCCC3)nc2C1. The lowest BCUT2D eigenvalue weighted by Gasteiger charge is -2.10. The molecule has 2 heterocycles. The lowest BCUT2D eigenvalue weighted by molar-refractivity contribution is 0.476. The second-order valence-electron chi connectivity index (χ2n) is 4.55. The van der Waals surface area contributed by atoms with Crippen LogP contribution in [0.15, 0.2) is 0 Å². The van der Waals surface area contributed by atoms with Crippen LogP contribution in [0.5, 0.6) is 0 Å². The monoisotopic (exact) mass is 191 g/mol. The first kappa shape index (κ1) is 8.45. The Labute approximate surface area is 84.5 Å². The maximum absolute atomic E-state index is 4.68. The predicted molar refractivity (Wildman–Crippen MR) is 54.2 cm³/mol. The standard InChI is InChI=1S/C11H17N3/c1-2-6-9(5-1)11-12-10-7-3-4-8-14(10)13-11/h9H,1-8H2. The van der Waals surface area contributed by atoms with Crippen molar-refractivity contribution < 1.29 is 0 Å². The number of hydrogen-bond acceptors (Lipinski definition) is 2. The Morgan fingerprint density at radius 3 is 2.71 bits per heavy atom. The summed E-state index contributed by atoms with van der Waals surface area (Å²) >= 11 is 0. The third-order valence-corrected chi connectivity index (χ3v) is 3.51. The van der Waals surface area contributed by atoms with E-state index in [1.807, 2.05) is 0 Å². The van der Waals surface area contributed by atoms with Crippen molar-refractivity contribution in [2.24, 2.45) is 0 Å². The first-order valence-electron chi connectivity index (χ1n) is 5.87. The van der Waals surface area contributed by atoms with Crippen LogP contribution in [0.1, 0.15) is 56.1 Å². The molecule has 0 spiro atoms. The number of nitrogens with zero attached hydrogens (tertiary/aromatic N) is 3. The van der Waals surface area contributed by atoms with Crippen LogP contribution in [0.3, 0.4) is 0 Å². The normalized spacial score (nSPS) is 22.6. The summed E-state index contributed by atoms with van der Waals surface area (Å²) in [7, 11) is 0. The Bertz CT molecular complexity index is 300. The van der Waals surface area contributed by atoms with Crippen LogP contribution in [0, 0.1) is 0 Å². The second kappa shape index (κ2) is 3.37. The highest BCUT2D eigenvalue weighted by Crippen LogP contribution is 2.32. The second-order valence-corrected chi connectivity index (χ2v) is 4.55. The van der Waals surface area contributed by atoms with Crippen LogP contribution >= 0.6 is 0 Å². The molecule has 0 N–H and O–H groups in total. The van der Waals surface area contributed by atoms with Gasteiger partial charge in [0.15, 0.2) is 5.82 Å². The molecule has 3 rings (SSSR count). The summed E-state index contributed by atoms with van der Waals surface area (Å²) in [5, 5.41) is 4.64. The maximum Gasteiger partial charge on any atom is 0.154 e. The fraction of sp³-hybridized carbons (Fsp3) is 0.818. The van der Waals surface area contributed by atoms with Crippen LogP contribution in [0.4, 0.5) is 0 Å². The highest BCUT2D eigenvalue weighted by molar-refractivity contribution is 5.02. The van der Waals surface area contributed by atoms with E-state index >= 15 is 0 Å². The fourth-order valence-corrected chi connectivity index (χ4v) is 2.66. The lowest BCUT2D eigenvalue weighted by Crippen LogP contribution is -2.11. The minimum absolute atomic E-state index is 0.674. The van der Waals surface area contributed by atoms with Gasteiger partial charge in [0.25, 0.3) is 0 Å². The van der Waals surface area contributed by atoms with Crippen molar-refractivity contribution in [2.45, 2.75) is 57.4 Å². The Morgan fingerprint density at radius 1 is 1.07 bits per heavy atom. The first-order chi connectivity index (χ1) is 6.93. The molecule has 0 amide bonds. The highest BCUT2D eigenvalue weighted by atomic mass is 15.4. The Hall–Kier alpha value is -0.860. The summed E-state index contributed by atoms with van der Waals surface area (Å²) in [6.45, 7) is 1.09. The molecule has 1 fully saturated rings. The van der Waals surface area contributed by atoms with Gasteiger partial charge < -0.3 is 0 Å². The average molecular weight is 191 g/mol. The molecule has 1 aliphatic heterocycles. The zero-order valence-corrected chi connectivity index (χ0v) is 8.58. The number of fused-ring (bicyclic) bond motifs is 1. The number of rotatable bonds is 1. The molecule has 3 heteroatoms. The van der Waals surface area contributed by atoms with E-state index in [9.17, 15) is 0 Å². The number of aromatic nitrogens is 3. The third-order valence-electron chi connectivity index (χ3n) is 3.51. The molecule has 0 unspecified atom stereocenters. The molecule has 0 bridgehead atoms. The van der Waals surface area contributed by atoms with E-state index in [4.69, 9.17) is 0 Å². The van der Waals surface area contributed by atoms with Gasteiger partial charge in [-0.2, -0.15) is 5.10 Å². The summed E-state index contributed by atoms with van der Waals surface area (Å²) in [6.07, 6.45) is 9.07. The van der Waals surface area contributed by atoms with Gasteiger partial charge in [-0.3, -0.25) is 0 Å². The van der Waals surface area contributed by atoms with Crippen molar-refractivity contribution in [3.05, 3.63) is 11.6 Å². The van der Waals surface area contributed by atoms with E-state index < -0.39 is 0 Å². The van der Waals surface area contributed by atoms with Crippen molar-refractivity contribution >= 4 is 0 Å². The van der Waals surface area contributed by atoms with Crippen molar-refractivity contribution in [1.82, 2.24) is 14.8 Å². The Morgan fingerprint density at radius 2 is 1.93 bits per heavy atom. The van der Waals surface area contributed by atoms with Gasteiger partial charge in [0.1, 0.15) is 5.82 Å². The van der Waals surface area contributed by atoms with Crippen molar-refractivity contribution in [2.75, 3.05) is 0 Å². The van der Waals surface area contributed by atoms with E-state index in [2.05, 4.69) is 14.8 Å². The molecule has 2 aliphatic rings. The molecule has 0 aromatic carbocycles. The van der Waals surface area contributed by atoms with Crippen LogP contribution in [-0.2, 0) is 13.0 Å². The molecule has 1 saturated carbocycles. The lowest BCUT2D eigenvalue weighted by atomic mass is 10.1. The quantitative estimate of drug-likeness (QED) is 0.681. The topological polar surface area (TPSA) is 30.7 Å². The van der Waals surface area contributed by atoms with Gasteiger partial charge in [0.2, 0.25) is 0 Å².